The summed E-state index contributed by atoms with van der Waals surface area (Å²) in [4.78, 5) is 28.3. The molecule has 168 valence electrons. The molecule has 4 rings (SSSR count). The van der Waals surface area contributed by atoms with Crippen molar-refractivity contribution in [2.24, 2.45) is 5.10 Å². The van der Waals surface area contributed by atoms with E-state index in [1.807, 2.05) is 0 Å². The van der Waals surface area contributed by atoms with Gasteiger partial charge in [-0.2, -0.15) is 5.10 Å². The van der Waals surface area contributed by atoms with Crippen LogP contribution in [0.3, 0.4) is 0 Å². The van der Waals surface area contributed by atoms with Gasteiger partial charge in [0.25, 0.3) is 11.8 Å². The predicted molar refractivity (Wildman–Crippen MR) is 138 cm³/mol. The molecule has 0 unspecified atom stereocenters. The Labute approximate surface area is 252 Å². The van der Waals surface area contributed by atoms with Crippen molar-refractivity contribution in [3.05, 3.63) is 61.1 Å². The van der Waals surface area contributed by atoms with Gasteiger partial charge >= 0.3 is 51.4 Å². The van der Waals surface area contributed by atoms with Crippen LogP contribution in [0.15, 0.2) is 40.8 Å². The number of amides is 2. The number of aromatic hydroxyl groups is 1. The second kappa shape index (κ2) is 11.8. The number of thiophene rings is 2. The maximum absolute atomic E-state index is 12.5. The van der Waals surface area contributed by atoms with E-state index in [-0.39, 0.29) is 63.0 Å². The summed E-state index contributed by atoms with van der Waals surface area (Å²) in [5, 5.41) is 17.4. The fraction of sp³-hybridized carbons (Fsp3) is 0.227. The Morgan fingerprint density at radius 3 is 2.48 bits per heavy atom. The molecule has 0 aliphatic carbocycles. The first-order valence-electron chi connectivity index (χ1n) is 9.85. The summed E-state index contributed by atoms with van der Waals surface area (Å²) in [6, 6.07) is 8.42. The van der Waals surface area contributed by atoms with E-state index in [1.165, 1.54) is 11.3 Å². The van der Waals surface area contributed by atoms with Gasteiger partial charge in [-0.1, -0.05) is 29.3 Å². The molecule has 2 amide bonds. The Hall–Kier alpha value is -0.754. The fourth-order valence-corrected chi connectivity index (χ4v) is 5.52. The fourth-order valence-electron chi connectivity index (χ4n) is 3.35. The Morgan fingerprint density at radius 1 is 1.09 bits per heavy atom. The molecule has 1 aromatic carbocycles. The first-order chi connectivity index (χ1) is 15.3. The average Bonchev–Trinajstić information content (AvgIpc) is 3.54. The zero-order valence-electron chi connectivity index (χ0n) is 17.0. The van der Waals surface area contributed by atoms with E-state index >= 15 is 0 Å². The van der Waals surface area contributed by atoms with Crippen molar-refractivity contribution >= 4 is 115 Å². The standard InChI is InChI=1S/C22H19Cl2N3O3S2.K.H/c1-12(14-11-31-20(19(14)28)13-4-5-15(23)16(24)10-13)25-26-21(29)17-6-7-18(32-17)22(30)27-8-2-3-9-27;;/h4-7,10-11,28H,2-3,8-9H2,1H3,(H,26,29);;. The molecule has 11 heteroatoms. The molecule has 0 spiro atoms. The molecule has 3 aromatic rings. The van der Waals surface area contributed by atoms with Crippen LogP contribution in [-0.2, 0) is 0 Å². The molecular formula is C22H20Cl2KN3O3S2. The monoisotopic (exact) mass is 547 g/mol. The van der Waals surface area contributed by atoms with Crippen LogP contribution < -0.4 is 5.43 Å². The molecule has 1 aliphatic rings. The van der Waals surface area contributed by atoms with Crippen molar-refractivity contribution in [3.8, 4) is 16.2 Å². The molecule has 33 heavy (non-hydrogen) atoms. The molecule has 3 heterocycles. The Balaban J connectivity index is 0.00000306. The molecule has 1 aliphatic heterocycles. The summed E-state index contributed by atoms with van der Waals surface area (Å²) >= 11 is 14.5. The minimum atomic E-state index is -0.408. The van der Waals surface area contributed by atoms with Crippen LogP contribution >= 0.6 is 45.9 Å². The number of benzene rings is 1. The van der Waals surface area contributed by atoms with E-state index in [1.54, 1.807) is 47.5 Å². The molecule has 2 N–H and O–H groups in total. The van der Waals surface area contributed by atoms with Crippen molar-refractivity contribution in [1.82, 2.24) is 10.3 Å². The third-order valence-electron chi connectivity index (χ3n) is 5.10. The van der Waals surface area contributed by atoms with E-state index in [0.29, 0.717) is 36.0 Å². The molecule has 6 nitrogen and oxygen atoms in total. The second-order valence-electron chi connectivity index (χ2n) is 7.26. The molecule has 0 atom stereocenters. The summed E-state index contributed by atoms with van der Waals surface area (Å²) in [6.07, 6.45) is 2.03. The van der Waals surface area contributed by atoms with Gasteiger partial charge in [-0.3, -0.25) is 9.59 Å². The number of nitrogens with one attached hydrogen (secondary N) is 1. The van der Waals surface area contributed by atoms with Gasteiger partial charge < -0.3 is 10.0 Å². The number of carbonyl (C=O) groups is 2. The predicted octanol–water partition coefficient (Wildman–Crippen LogP) is 5.23. The van der Waals surface area contributed by atoms with Crippen LogP contribution in [0, 0.1) is 0 Å². The van der Waals surface area contributed by atoms with Crippen LogP contribution in [0.4, 0.5) is 0 Å². The van der Waals surface area contributed by atoms with Gasteiger partial charge in [-0.05, 0) is 49.6 Å². The summed E-state index contributed by atoms with van der Waals surface area (Å²) in [7, 11) is 0. The van der Waals surface area contributed by atoms with Gasteiger partial charge in [0.2, 0.25) is 0 Å². The molecule has 0 radical (unpaired) electrons. The quantitative estimate of drug-likeness (QED) is 0.260. The van der Waals surface area contributed by atoms with Gasteiger partial charge in [-0.15, -0.1) is 22.7 Å². The van der Waals surface area contributed by atoms with Gasteiger partial charge in [-0.25, -0.2) is 5.43 Å². The van der Waals surface area contributed by atoms with Gasteiger partial charge in [0.05, 0.1) is 36.0 Å². The van der Waals surface area contributed by atoms with Gasteiger partial charge in [0.15, 0.2) is 0 Å². The number of carbonyl (C=O) groups excluding carboxylic acids is 2. The van der Waals surface area contributed by atoms with Crippen molar-refractivity contribution in [3.63, 3.8) is 0 Å². The van der Waals surface area contributed by atoms with Crippen molar-refractivity contribution in [2.45, 2.75) is 19.8 Å². The minimum absolute atomic E-state index is 0. The number of hydrogen-bond acceptors (Lipinski definition) is 6. The van der Waals surface area contributed by atoms with Crippen LogP contribution in [-0.4, -0.2) is 92.0 Å². The Bertz CT molecular complexity index is 1220. The number of hydrazone groups is 1. The molecule has 1 fully saturated rings. The van der Waals surface area contributed by atoms with E-state index in [2.05, 4.69) is 10.5 Å². The van der Waals surface area contributed by atoms with Gasteiger partial charge in [0.1, 0.15) is 5.75 Å². The van der Waals surface area contributed by atoms with Crippen LogP contribution in [0.1, 0.15) is 44.7 Å². The Morgan fingerprint density at radius 2 is 1.79 bits per heavy atom. The molecule has 1 saturated heterocycles. The van der Waals surface area contributed by atoms with Gasteiger partial charge in [0, 0.05) is 18.5 Å². The zero-order chi connectivity index (χ0) is 22.8. The molecule has 2 aromatic heterocycles. The number of likely N-dealkylation sites (tertiary alicyclic amines) is 1. The molecule has 0 bridgehead atoms. The first-order valence-corrected chi connectivity index (χ1v) is 12.3. The van der Waals surface area contributed by atoms with E-state index < -0.39 is 5.91 Å². The summed E-state index contributed by atoms with van der Waals surface area (Å²) < 4.78 is 0. The molecule has 0 saturated carbocycles. The zero-order valence-corrected chi connectivity index (χ0v) is 20.2. The van der Waals surface area contributed by atoms with Crippen LogP contribution in [0.25, 0.3) is 10.4 Å². The first kappa shape index (κ1) is 26.8. The third-order valence-corrected chi connectivity index (χ3v) is 7.92. The van der Waals surface area contributed by atoms with E-state index in [0.717, 1.165) is 42.8 Å². The van der Waals surface area contributed by atoms with E-state index in [4.69, 9.17) is 23.2 Å². The number of hydrogen-bond donors (Lipinski definition) is 2. The normalized spacial score (nSPS) is 13.7. The number of nitrogens with zero attached hydrogens (tertiary/aromatic N) is 2. The topological polar surface area (TPSA) is 82.0 Å². The Kier molecular flexibility index (Phi) is 9.59. The molecular weight excluding hydrogens is 528 g/mol. The SMILES string of the molecule is CC(=NNC(=O)c1ccc(C(=O)N2CCCC2)s1)c1csc(-c2ccc(Cl)c(Cl)c2)c1O.[KH]. The average molecular weight is 549 g/mol. The maximum atomic E-state index is 12.5. The number of rotatable bonds is 5. The van der Waals surface area contributed by atoms with Crippen LogP contribution in [0.2, 0.25) is 10.0 Å². The van der Waals surface area contributed by atoms with E-state index in [9.17, 15) is 14.7 Å². The van der Waals surface area contributed by atoms with Crippen molar-refractivity contribution in [1.29, 1.82) is 0 Å². The summed E-state index contributed by atoms with van der Waals surface area (Å²) in [6.45, 7) is 3.21. The number of halogens is 2. The van der Waals surface area contributed by atoms with Crippen molar-refractivity contribution < 1.29 is 14.7 Å². The third kappa shape index (κ3) is 6.09. The second-order valence-corrected chi connectivity index (χ2v) is 10.0. The summed E-state index contributed by atoms with van der Waals surface area (Å²) in [5.41, 5.74) is 4.19. The van der Waals surface area contributed by atoms with Crippen LogP contribution in [0.5, 0.6) is 5.75 Å². The van der Waals surface area contributed by atoms with Crippen molar-refractivity contribution in [2.75, 3.05) is 13.1 Å². The summed E-state index contributed by atoms with van der Waals surface area (Å²) in [5.74, 6) is -0.392.